The van der Waals surface area contributed by atoms with Gasteiger partial charge in [0.25, 0.3) is 6.43 Å². The van der Waals surface area contributed by atoms with Crippen molar-refractivity contribution in [3.63, 3.8) is 0 Å². The molecule has 0 fully saturated rings. The van der Waals surface area contributed by atoms with Crippen molar-refractivity contribution in [3.8, 4) is 6.07 Å². The van der Waals surface area contributed by atoms with E-state index in [1.54, 1.807) is 6.07 Å². The van der Waals surface area contributed by atoms with Crippen LogP contribution in [0.3, 0.4) is 0 Å². The third-order valence-corrected chi connectivity index (χ3v) is 2.80. The number of aryl methyl sites for hydroxylation is 1. The molecule has 0 aromatic carbocycles. The smallest absolute Gasteiger partial charge is 0.242 e. The maximum absolute atomic E-state index is 12.6. The summed E-state index contributed by atoms with van der Waals surface area (Å²) in [4.78, 5) is 2.77. The number of rotatable bonds is 2. The lowest BCUT2D eigenvalue weighted by atomic mass is 10.2. The molecule has 1 heterocycles. The molecule has 0 saturated heterocycles. The summed E-state index contributed by atoms with van der Waals surface area (Å²) in [5.41, 5.74) is -1.26. The molecule has 0 aliphatic carbocycles. The van der Waals surface area contributed by atoms with Crippen molar-refractivity contribution in [2.24, 2.45) is 5.14 Å². The molecule has 0 saturated carbocycles. The molecule has 1 aromatic rings. The second kappa shape index (κ2) is 4.11. The Hall–Kier alpha value is -1.59. The van der Waals surface area contributed by atoms with Gasteiger partial charge in [-0.1, -0.05) is 0 Å². The first kappa shape index (κ1) is 12.5. The fraction of sp³-hybridized carbons (Fsp3) is 0.250. The van der Waals surface area contributed by atoms with Crippen LogP contribution in [0.1, 0.15) is 23.4 Å². The summed E-state index contributed by atoms with van der Waals surface area (Å²) < 4.78 is 47.4. The summed E-state index contributed by atoms with van der Waals surface area (Å²) >= 11 is 0. The average molecular weight is 247 g/mol. The molecule has 5 nitrogen and oxygen atoms in total. The van der Waals surface area contributed by atoms with E-state index in [0.717, 1.165) is 6.07 Å². The fourth-order valence-electron chi connectivity index (χ4n) is 1.21. The van der Waals surface area contributed by atoms with Crippen molar-refractivity contribution in [2.75, 3.05) is 0 Å². The maximum atomic E-state index is 12.6. The van der Waals surface area contributed by atoms with Gasteiger partial charge in [0.15, 0.2) is 0 Å². The van der Waals surface area contributed by atoms with E-state index in [1.807, 2.05) is 0 Å². The molecule has 0 bridgehead atoms. The van der Waals surface area contributed by atoms with Crippen molar-refractivity contribution in [2.45, 2.75) is 18.2 Å². The van der Waals surface area contributed by atoms with Gasteiger partial charge in [-0.25, -0.2) is 27.3 Å². The molecule has 0 amide bonds. The topological polar surface area (TPSA) is 96.8 Å². The van der Waals surface area contributed by atoms with E-state index in [9.17, 15) is 17.2 Å². The molecule has 0 radical (unpaired) electrons. The molecule has 0 unspecified atom stereocenters. The largest absolute Gasteiger partial charge is 0.266 e. The third-order valence-electron chi connectivity index (χ3n) is 1.85. The Labute approximate surface area is 90.6 Å². The van der Waals surface area contributed by atoms with E-state index in [2.05, 4.69) is 4.98 Å². The number of nitrogens with zero attached hydrogens (tertiary/aromatic N) is 2. The molecular formula is C8H7F2N3O2S. The van der Waals surface area contributed by atoms with Crippen LogP contribution in [0.2, 0.25) is 0 Å². The van der Waals surface area contributed by atoms with Gasteiger partial charge in [0, 0.05) is 5.69 Å². The number of hydrogen-bond donors (Lipinski definition) is 1. The van der Waals surface area contributed by atoms with E-state index >= 15 is 0 Å². The molecule has 86 valence electrons. The first-order valence-electron chi connectivity index (χ1n) is 4.00. The summed E-state index contributed by atoms with van der Waals surface area (Å²) in [7, 11) is -4.30. The number of primary sulfonamides is 1. The van der Waals surface area contributed by atoms with Crippen LogP contribution in [0.15, 0.2) is 11.0 Å². The highest BCUT2D eigenvalue weighted by Gasteiger charge is 2.24. The maximum Gasteiger partial charge on any atom is 0.266 e. The van der Waals surface area contributed by atoms with Crippen molar-refractivity contribution in [1.29, 1.82) is 5.26 Å². The monoisotopic (exact) mass is 247 g/mol. The molecule has 0 atom stereocenters. The van der Waals surface area contributed by atoms with Crippen molar-refractivity contribution in [3.05, 3.63) is 23.0 Å². The highest BCUT2D eigenvalue weighted by molar-refractivity contribution is 7.89. The van der Waals surface area contributed by atoms with E-state index in [1.165, 1.54) is 6.92 Å². The first-order chi connectivity index (χ1) is 7.27. The minimum atomic E-state index is -4.30. The van der Waals surface area contributed by atoms with Gasteiger partial charge in [-0.2, -0.15) is 5.26 Å². The normalized spacial score (nSPS) is 11.5. The summed E-state index contributed by atoms with van der Waals surface area (Å²) in [6.45, 7) is 1.19. The minimum absolute atomic E-state index is 0.224. The number of halogens is 2. The van der Waals surface area contributed by atoms with Gasteiger partial charge in [-0.3, -0.25) is 0 Å². The van der Waals surface area contributed by atoms with Crippen LogP contribution < -0.4 is 5.14 Å². The average Bonchev–Trinajstić information content (AvgIpc) is 2.14. The summed E-state index contributed by atoms with van der Waals surface area (Å²) in [5, 5.41) is 13.3. The van der Waals surface area contributed by atoms with Crippen LogP contribution in [0, 0.1) is 18.3 Å². The predicted octanol–water partition coefficient (Wildman–Crippen LogP) is 0.847. The van der Waals surface area contributed by atoms with Gasteiger partial charge in [-0.15, -0.1) is 0 Å². The summed E-state index contributed by atoms with van der Waals surface area (Å²) in [6.07, 6.45) is -3.02. The summed E-state index contributed by atoms with van der Waals surface area (Å²) in [6, 6.07) is 2.31. The highest BCUT2D eigenvalue weighted by Crippen LogP contribution is 2.28. The lowest BCUT2D eigenvalue weighted by Gasteiger charge is -2.09. The lowest BCUT2D eigenvalue weighted by molar-refractivity contribution is 0.146. The zero-order chi connectivity index (χ0) is 12.5. The Kier molecular flexibility index (Phi) is 3.21. The molecule has 1 aromatic heterocycles. The zero-order valence-corrected chi connectivity index (χ0v) is 8.92. The molecule has 2 N–H and O–H groups in total. The van der Waals surface area contributed by atoms with Crippen LogP contribution in [0.25, 0.3) is 0 Å². The second-order valence-corrected chi connectivity index (χ2v) is 4.49. The standard InChI is InChI=1S/C8H7F2N3O2S/c1-4-7(8(9)10)6(16(12,14)15)2-5(3-11)13-4/h2,8H,1H3,(H2,12,14,15). The number of nitriles is 1. The third kappa shape index (κ3) is 2.32. The molecule has 1 rings (SSSR count). The number of nitrogens with two attached hydrogens (primary N) is 1. The Balaban J connectivity index is 3.69. The molecule has 8 heteroatoms. The predicted molar refractivity (Wildman–Crippen MR) is 50.0 cm³/mol. The van der Waals surface area contributed by atoms with E-state index in [4.69, 9.17) is 10.4 Å². The Morgan fingerprint density at radius 3 is 2.50 bits per heavy atom. The molecular weight excluding hydrogens is 240 g/mol. The number of aromatic nitrogens is 1. The van der Waals surface area contributed by atoms with Crippen LogP contribution >= 0.6 is 0 Å². The van der Waals surface area contributed by atoms with Gasteiger partial charge < -0.3 is 0 Å². The van der Waals surface area contributed by atoms with Gasteiger partial charge in [0.1, 0.15) is 11.8 Å². The Bertz CT molecular complexity index is 563. The van der Waals surface area contributed by atoms with Gasteiger partial charge in [0.05, 0.1) is 10.5 Å². The van der Waals surface area contributed by atoms with Crippen LogP contribution in [0.4, 0.5) is 8.78 Å². The molecule has 0 aliphatic rings. The Morgan fingerprint density at radius 1 is 1.56 bits per heavy atom. The minimum Gasteiger partial charge on any atom is -0.242 e. The van der Waals surface area contributed by atoms with E-state index in [0.29, 0.717) is 0 Å². The van der Waals surface area contributed by atoms with Crippen LogP contribution in [-0.4, -0.2) is 13.4 Å². The molecule has 16 heavy (non-hydrogen) atoms. The first-order valence-corrected chi connectivity index (χ1v) is 5.54. The molecule has 0 spiro atoms. The number of sulfonamides is 1. The number of pyridine rings is 1. The quantitative estimate of drug-likeness (QED) is 0.837. The number of hydrogen-bond acceptors (Lipinski definition) is 4. The van der Waals surface area contributed by atoms with Gasteiger partial charge in [-0.05, 0) is 13.0 Å². The fourth-order valence-corrected chi connectivity index (χ4v) is 2.03. The second-order valence-electron chi connectivity index (χ2n) is 2.96. The molecule has 0 aliphatic heterocycles. The SMILES string of the molecule is Cc1nc(C#N)cc(S(N)(=O)=O)c1C(F)F. The lowest BCUT2D eigenvalue weighted by Crippen LogP contribution is -2.16. The van der Waals surface area contributed by atoms with Crippen LogP contribution in [-0.2, 0) is 10.0 Å². The summed E-state index contributed by atoms with van der Waals surface area (Å²) in [5.74, 6) is 0. The van der Waals surface area contributed by atoms with Gasteiger partial charge in [0.2, 0.25) is 10.0 Å². The Morgan fingerprint density at radius 2 is 2.12 bits per heavy atom. The zero-order valence-electron chi connectivity index (χ0n) is 8.11. The van der Waals surface area contributed by atoms with E-state index < -0.39 is 26.9 Å². The highest BCUT2D eigenvalue weighted by atomic mass is 32.2. The van der Waals surface area contributed by atoms with Crippen LogP contribution in [0.5, 0.6) is 0 Å². The van der Waals surface area contributed by atoms with Crippen molar-refractivity contribution < 1.29 is 17.2 Å². The number of alkyl halides is 2. The van der Waals surface area contributed by atoms with E-state index in [-0.39, 0.29) is 11.4 Å². The van der Waals surface area contributed by atoms with Gasteiger partial charge >= 0.3 is 0 Å². The van der Waals surface area contributed by atoms with Crippen molar-refractivity contribution in [1.82, 2.24) is 4.98 Å². The van der Waals surface area contributed by atoms with Crippen molar-refractivity contribution >= 4 is 10.0 Å².